The molecular weight excluding hydrogens is 382 g/mol. The molecule has 4 rings (SSSR count). The lowest BCUT2D eigenvalue weighted by Gasteiger charge is -2.32. The Morgan fingerprint density at radius 2 is 1.72 bits per heavy atom. The van der Waals surface area contributed by atoms with Gasteiger partial charge in [-0.3, -0.25) is 9.36 Å². The van der Waals surface area contributed by atoms with Gasteiger partial charge < -0.3 is 9.64 Å². The number of aromatic nitrogens is 2. The minimum absolute atomic E-state index is 0.0454. The zero-order chi connectivity index (χ0) is 20.1. The van der Waals surface area contributed by atoms with Crippen LogP contribution in [0.3, 0.4) is 0 Å². The van der Waals surface area contributed by atoms with Gasteiger partial charge in [-0.15, -0.1) is 0 Å². The Balaban J connectivity index is 1.41. The maximum atomic E-state index is 13.2. The lowest BCUT2D eigenvalue weighted by Crippen LogP contribution is -2.40. The average Bonchev–Trinajstić information content (AvgIpc) is 3.23. The molecule has 0 radical (unpaired) electrons. The Bertz CT molecular complexity index is 935. The Kier molecular flexibility index (Phi) is 6.20. The molecule has 0 unspecified atom stereocenters. The summed E-state index contributed by atoms with van der Waals surface area (Å²) < 4.78 is 7.86. The first-order chi connectivity index (χ1) is 14.3. The molecule has 1 aromatic heterocycles. The van der Waals surface area contributed by atoms with E-state index in [1.54, 1.807) is 18.0 Å². The molecular formula is C23H25N3O2S. The second kappa shape index (κ2) is 9.18. The highest BCUT2D eigenvalue weighted by Crippen LogP contribution is 2.25. The summed E-state index contributed by atoms with van der Waals surface area (Å²) in [6.45, 7) is 2.19. The van der Waals surface area contributed by atoms with Gasteiger partial charge in [0.05, 0.1) is 12.8 Å². The third kappa shape index (κ3) is 4.48. The molecule has 1 fully saturated rings. The predicted octanol–water partition coefficient (Wildman–Crippen LogP) is 4.53. The summed E-state index contributed by atoms with van der Waals surface area (Å²) in [7, 11) is 0. The molecule has 1 amide bonds. The van der Waals surface area contributed by atoms with Crippen LogP contribution in [-0.4, -0.2) is 46.3 Å². The molecule has 2 aromatic carbocycles. The van der Waals surface area contributed by atoms with Crippen LogP contribution in [0.5, 0.6) is 5.75 Å². The van der Waals surface area contributed by atoms with Crippen molar-refractivity contribution in [3.05, 3.63) is 72.6 Å². The molecule has 29 heavy (non-hydrogen) atoms. The molecule has 1 aliphatic rings. The second-order valence-electron chi connectivity index (χ2n) is 7.16. The molecule has 0 bridgehead atoms. The predicted molar refractivity (Wildman–Crippen MR) is 116 cm³/mol. The largest absolute Gasteiger partial charge is 0.493 e. The number of amides is 1. The van der Waals surface area contributed by atoms with Crippen LogP contribution in [0.4, 0.5) is 0 Å². The number of carbonyl (C=O) groups is 1. The third-order valence-electron chi connectivity index (χ3n) is 5.28. The van der Waals surface area contributed by atoms with Crippen molar-refractivity contribution in [2.24, 2.45) is 5.92 Å². The van der Waals surface area contributed by atoms with Gasteiger partial charge in [-0.05, 0) is 49.3 Å². The number of piperidine rings is 1. The number of ether oxygens (including phenoxy) is 1. The van der Waals surface area contributed by atoms with E-state index in [9.17, 15) is 4.79 Å². The van der Waals surface area contributed by atoms with Crippen LogP contribution in [0.25, 0.3) is 5.69 Å². The van der Waals surface area contributed by atoms with Crippen LogP contribution in [0.2, 0.25) is 0 Å². The maximum Gasteiger partial charge on any atom is 0.272 e. The summed E-state index contributed by atoms with van der Waals surface area (Å²) in [5.74, 6) is 1.42. The van der Waals surface area contributed by atoms with Crippen molar-refractivity contribution in [3.63, 3.8) is 0 Å². The van der Waals surface area contributed by atoms with Gasteiger partial charge in [0.2, 0.25) is 0 Å². The van der Waals surface area contributed by atoms with Crippen molar-refractivity contribution in [2.75, 3.05) is 26.0 Å². The van der Waals surface area contributed by atoms with E-state index >= 15 is 0 Å². The van der Waals surface area contributed by atoms with Gasteiger partial charge in [-0.25, -0.2) is 4.98 Å². The average molecular weight is 408 g/mol. The molecule has 0 aliphatic carbocycles. The van der Waals surface area contributed by atoms with Gasteiger partial charge >= 0.3 is 0 Å². The summed E-state index contributed by atoms with van der Waals surface area (Å²) in [5.41, 5.74) is 1.59. The number of imidazole rings is 1. The summed E-state index contributed by atoms with van der Waals surface area (Å²) in [5, 5.41) is 0.825. The zero-order valence-corrected chi connectivity index (χ0v) is 17.3. The van der Waals surface area contributed by atoms with Crippen LogP contribution in [0.15, 0.2) is 72.0 Å². The highest BCUT2D eigenvalue weighted by atomic mass is 32.2. The topological polar surface area (TPSA) is 47.4 Å². The molecule has 1 aliphatic heterocycles. The van der Waals surface area contributed by atoms with E-state index in [2.05, 4.69) is 4.98 Å². The number of nitrogens with zero attached hydrogens (tertiary/aromatic N) is 3. The second-order valence-corrected chi connectivity index (χ2v) is 7.93. The highest BCUT2D eigenvalue weighted by molar-refractivity contribution is 7.98. The van der Waals surface area contributed by atoms with E-state index in [1.807, 2.05) is 76.4 Å². The van der Waals surface area contributed by atoms with E-state index in [1.165, 1.54) is 0 Å². The Hall–Kier alpha value is -2.73. The molecule has 0 spiro atoms. The molecule has 0 N–H and O–H groups in total. The van der Waals surface area contributed by atoms with Crippen molar-refractivity contribution in [2.45, 2.75) is 18.0 Å². The number of benzene rings is 2. The van der Waals surface area contributed by atoms with E-state index < -0.39 is 0 Å². The van der Waals surface area contributed by atoms with Crippen molar-refractivity contribution in [3.8, 4) is 11.4 Å². The monoisotopic (exact) mass is 407 g/mol. The molecule has 6 heteroatoms. The highest BCUT2D eigenvalue weighted by Gasteiger charge is 2.27. The number of para-hydroxylation sites is 2. The van der Waals surface area contributed by atoms with Crippen LogP contribution >= 0.6 is 11.8 Å². The van der Waals surface area contributed by atoms with Crippen LogP contribution in [0, 0.1) is 5.92 Å². The fourth-order valence-corrected chi connectivity index (χ4v) is 4.20. The summed E-state index contributed by atoms with van der Waals surface area (Å²) in [6, 6.07) is 19.8. The fourth-order valence-electron chi connectivity index (χ4n) is 3.65. The number of hydrogen-bond donors (Lipinski definition) is 0. The lowest BCUT2D eigenvalue weighted by atomic mass is 9.97. The number of carbonyl (C=O) groups excluding carboxylic acids is 1. The first-order valence-corrected chi connectivity index (χ1v) is 11.1. The molecule has 2 heterocycles. The number of likely N-dealkylation sites (tertiary alicyclic amines) is 1. The van der Waals surface area contributed by atoms with Crippen molar-refractivity contribution in [1.82, 2.24) is 14.5 Å². The van der Waals surface area contributed by atoms with E-state index in [0.717, 1.165) is 42.5 Å². The van der Waals surface area contributed by atoms with Gasteiger partial charge in [0, 0.05) is 18.8 Å². The molecule has 5 nitrogen and oxygen atoms in total. The van der Waals surface area contributed by atoms with Crippen LogP contribution in [-0.2, 0) is 0 Å². The molecule has 3 aromatic rings. The normalized spacial score (nSPS) is 14.7. The number of thioether (sulfide) groups is 1. The smallest absolute Gasteiger partial charge is 0.272 e. The standard InChI is InChI=1S/C23H25N3O2S/c1-29-23-24-16-21(26(23)19-8-4-2-5-9-19)22(27)25-14-12-18(13-15-25)17-28-20-10-6-3-7-11-20/h2-11,16,18H,12-15,17H2,1H3. The SMILES string of the molecule is CSc1ncc(C(=O)N2CCC(COc3ccccc3)CC2)n1-c1ccccc1. The molecule has 150 valence electrons. The van der Waals surface area contributed by atoms with Crippen molar-refractivity contribution >= 4 is 17.7 Å². The first-order valence-electron chi connectivity index (χ1n) is 9.90. The minimum atomic E-state index is 0.0454. The van der Waals surface area contributed by atoms with Gasteiger partial charge in [-0.2, -0.15) is 0 Å². The molecule has 1 saturated heterocycles. The quantitative estimate of drug-likeness (QED) is 0.564. The molecule has 0 saturated carbocycles. The lowest BCUT2D eigenvalue weighted by molar-refractivity contribution is 0.0652. The van der Waals surface area contributed by atoms with Gasteiger partial charge in [0.1, 0.15) is 11.4 Å². The fraction of sp³-hybridized carbons (Fsp3) is 0.304. The number of rotatable bonds is 6. The summed E-state index contributed by atoms with van der Waals surface area (Å²) in [6.07, 6.45) is 5.58. The number of hydrogen-bond acceptors (Lipinski definition) is 4. The Morgan fingerprint density at radius 1 is 1.07 bits per heavy atom. The summed E-state index contributed by atoms with van der Waals surface area (Å²) >= 11 is 1.54. The summed E-state index contributed by atoms with van der Waals surface area (Å²) in [4.78, 5) is 19.6. The first kappa shape index (κ1) is 19.6. The van der Waals surface area contributed by atoms with Crippen LogP contribution in [0.1, 0.15) is 23.3 Å². The van der Waals surface area contributed by atoms with Crippen molar-refractivity contribution in [1.29, 1.82) is 0 Å². The van der Waals surface area contributed by atoms with E-state index in [4.69, 9.17) is 4.74 Å². The minimum Gasteiger partial charge on any atom is -0.493 e. The van der Waals surface area contributed by atoms with Crippen molar-refractivity contribution < 1.29 is 9.53 Å². The van der Waals surface area contributed by atoms with Gasteiger partial charge in [0.15, 0.2) is 5.16 Å². The van der Waals surface area contributed by atoms with E-state index in [0.29, 0.717) is 18.2 Å². The van der Waals surface area contributed by atoms with Gasteiger partial charge in [0.25, 0.3) is 5.91 Å². The Morgan fingerprint density at radius 3 is 2.38 bits per heavy atom. The third-order valence-corrected chi connectivity index (χ3v) is 5.93. The zero-order valence-electron chi connectivity index (χ0n) is 16.5. The molecule has 0 atom stereocenters. The van der Waals surface area contributed by atoms with E-state index in [-0.39, 0.29) is 5.91 Å². The van der Waals surface area contributed by atoms with Gasteiger partial charge in [-0.1, -0.05) is 48.2 Å². The Labute approximate surface area is 175 Å². The maximum absolute atomic E-state index is 13.2. The van der Waals surface area contributed by atoms with Crippen LogP contribution < -0.4 is 4.74 Å².